The first-order valence-corrected chi connectivity index (χ1v) is 10.8. The first-order valence-electron chi connectivity index (χ1n) is 10.0. The summed E-state index contributed by atoms with van der Waals surface area (Å²) >= 11 is 12.8. The van der Waals surface area contributed by atoms with Crippen molar-refractivity contribution >= 4 is 23.2 Å². The smallest absolute Gasteiger partial charge is 0.142 e. The molecule has 3 aromatic rings. The maximum Gasteiger partial charge on any atom is 0.142 e. The van der Waals surface area contributed by atoms with Gasteiger partial charge in [0.15, 0.2) is 0 Å². The van der Waals surface area contributed by atoms with Crippen LogP contribution < -0.4 is 10.1 Å². The maximum atomic E-state index is 6.48. The van der Waals surface area contributed by atoms with Gasteiger partial charge in [0.25, 0.3) is 0 Å². The van der Waals surface area contributed by atoms with E-state index in [-0.39, 0.29) is 6.04 Å². The van der Waals surface area contributed by atoms with Crippen LogP contribution in [0.15, 0.2) is 66.7 Å². The van der Waals surface area contributed by atoms with E-state index in [1.54, 1.807) is 6.07 Å². The first kappa shape index (κ1) is 21.7. The Hall–Kier alpha value is -2.00. The van der Waals surface area contributed by atoms with Crippen molar-refractivity contribution in [3.8, 4) is 5.75 Å². The number of ether oxygens (including phenoxy) is 1. The van der Waals surface area contributed by atoms with Gasteiger partial charge in [0.1, 0.15) is 12.4 Å². The lowest BCUT2D eigenvalue weighted by molar-refractivity contribution is 0.301. The van der Waals surface area contributed by atoms with E-state index >= 15 is 0 Å². The van der Waals surface area contributed by atoms with E-state index in [1.165, 1.54) is 11.1 Å². The molecule has 2 nitrogen and oxygen atoms in total. The van der Waals surface area contributed by atoms with E-state index in [9.17, 15) is 0 Å². The number of rotatable bonds is 9. The Balaban J connectivity index is 1.76. The number of halogens is 2. The third kappa shape index (κ3) is 6.24. The summed E-state index contributed by atoms with van der Waals surface area (Å²) in [7, 11) is 0. The molecule has 1 N–H and O–H groups in total. The van der Waals surface area contributed by atoms with Crippen LogP contribution >= 0.6 is 23.2 Å². The summed E-state index contributed by atoms with van der Waals surface area (Å²) in [4.78, 5) is 0. The average Bonchev–Trinajstić information content (AvgIpc) is 2.72. The van der Waals surface area contributed by atoms with Gasteiger partial charge in [0.2, 0.25) is 0 Å². The van der Waals surface area contributed by atoms with Crippen LogP contribution in [-0.2, 0) is 13.2 Å². The normalized spacial score (nSPS) is 12.0. The fourth-order valence-corrected chi connectivity index (χ4v) is 3.93. The summed E-state index contributed by atoms with van der Waals surface area (Å²) in [6, 6.07) is 22.8. The van der Waals surface area contributed by atoms with Crippen LogP contribution in [0.3, 0.4) is 0 Å². The predicted molar refractivity (Wildman–Crippen MR) is 123 cm³/mol. The largest absolute Gasteiger partial charge is 0.487 e. The molecule has 0 fully saturated rings. The first-order chi connectivity index (χ1) is 14.1. The van der Waals surface area contributed by atoms with Gasteiger partial charge in [-0.2, -0.15) is 0 Å². The second kappa shape index (κ2) is 10.7. The highest BCUT2D eigenvalue weighted by Gasteiger charge is 2.15. The molecule has 4 heteroatoms. The molecule has 3 rings (SSSR count). The van der Waals surface area contributed by atoms with Gasteiger partial charge >= 0.3 is 0 Å². The maximum absolute atomic E-state index is 6.48. The second-order valence-electron chi connectivity index (χ2n) is 7.28. The molecule has 1 atom stereocenters. The highest BCUT2D eigenvalue weighted by Crippen LogP contribution is 2.34. The van der Waals surface area contributed by atoms with Gasteiger partial charge in [-0.3, -0.25) is 0 Å². The fraction of sp³-hybridized carbons (Fsp3) is 0.280. The van der Waals surface area contributed by atoms with Crippen LogP contribution in [0.4, 0.5) is 0 Å². The molecule has 0 aliphatic rings. The van der Waals surface area contributed by atoms with E-state index in [0.29, 0.717) is 28.9 Å². The molecule has 0 saturated carbocycles. The number of aryl methyl sites for hydroxylation is 1. The van der Waals surface area contributed by atoms with E-state index in [1.807, 2.05) is 12.1 Å². The minimum Gasteiger partial charge on any atom is -0.487 e. The molecule has 0 unspecified atom stereocenters. The van der Waals surface area contributed by atoms with Gasteiger partial charge in [-0.15, -0.1) is 0 Å². The molecule has 0 spiro atoms. The second-order valence-corrected chi connectivity index (χ2v) is 8.13. The van der Waals surface area contributed by atoms with Crippen molar-refractivity contribution in [2.24, 2.45) is 0 Å². The van der Waals surface area contributed by atoms with Crippen LogP contribution in [-0.4, -0.2) is 0 Å². The minimum absolute atomic E-state index is 0.268. The molecule has 0 aromatic heterocycles. The Morgan fingerprint density at radius 1 is 0.966 bits per heavy atom. The van der Waals surface area contributed by atoms with E-state index in [4.69, 9.17) is 27.9 Å². The van der Waals surface area contributed by atoms with Gasteiger partial charge in [-0.1, -0.05) is 96.7 Å². The van der Waals surface area contributed by atoms with Crippen LogP contribution in [0, 0.1) is 6.92 Å². The van der Waals surface area contributed by atoms with Gasteiger partial charge in [0.05, 0.1) is 5.02 Å². The zero-order valence-electron chi connectivity index (χ0n) is 16.9. The third-order valence-corrected chi connectivity index (χ3v) is 5.41. The lowest BCUT2D eigenvalue weighted by Gasteiger charge is -2.21. The summed E-state index contributed by atoms with van der Waals surface area (Å²) in [5.41, 5.74) is 4.58. The molecule has 152 valence electrons. The van der Waals surface area contributed by atoms with Gasteiger partial charge in [-0.25, -0.2) is 0 Å². The zero-order chi connectivity index (χ0) is 20.6. The van der Waals surface area contributed by atoms with E-state index in [0.717, 1.165) is 24.0 Å². The highest BCUT2D eigenvalue weighted by molar-refractivity contribution is 6.35. The Kier molecular flexibility index (Phi) is 8.00. The Morgan fingerprint density at radius 2 is 1.69 bits per heavy atom. The topological polar surface area (TPSA) is 21.3 Å². The Morgan fingerprint density at radius 3 is 2.38 bits per heavy atom. The van der Waals surface area contributed by atoms with Crippen LogP contribution in [0.2, 0.25) is 10.0 Å². The van der Waals surface area contributed by atoms with Crippen molar-refractivity contribution in [1.82, 2.24) is 5.32 Å². The van der Waals surface area contributed by atoms with E-state index in [2.05, 4.69) is 67.7 Å². The number of hydrogen-bond donors (Lipinski definition) is 1. The van der Waals surface area contributed by atoms with Gasteiger partial charge in [0, 0.05) is 23.2 Å². The van der Waals surface area contributed by atoms with E-state index < -0.39 is 0 Å². The van der Waals surface area contributed by atoms with Crippen LogP contribution in [0.5, 0.6) is 5.75 Å². The summed E-state index contributed by atoms with van der Waals surface area (Å²) in [5.74, 6) is 0.687. The monoisotopic (exact) mass is 427 g/mol. The van der Waals surface area contributed by atoms with Crippen molar-refractivity contribution in [2.75, 3.05) is 0 Å². The predicted octanol–water partition coefficient (Wildman–Crippen LogP) is 7.51. The summed E-state index contributed by atoms with van der Waals surface area (Å²) in [6.07, 6.45) is 2.15. The number of nitrogens with one attached hydrogen (secondary N) is 1. The van der Waals surface area contributed by atoms with Crippen molar-refractivity contribution in [3.05, 3.63) is 99.0 Å². The minimum atomic E-state index is 0.268. The fourth-order valence-electron chi connectivity index (χ4n) is 3.34. The molecule has 0 radical (unpaired) electrons. The summed E-state index contributed by atoms with van der Waals surface area (Å²) in [6.45, 7) is 5.36. The SMILES string of the molecule is CCC[C@@H](NCc1cc(Cl)cc(Cl)c1OCc1ccc(C)cc1)c1ccccc1. The van der Waals surface area contributed by atoms with Crippen molar-refractivity contribution in [3.63, 3.8) is 0 Å². The van der Waals surface area contributed by atoms with Crippen LogP contribution in [0.25, 0.3) is 0 Å². The van der Waals surface area contributed by atoms with Gasteiger partial charge < -0.3 is 10.1 Å². The molecular formula is C25H27Cl2NO. The molecule has 0 bridgehead atoms. The number of benzene rings is 3. The summed E-state index contributed by atoms with van der Waals surface area (Å²) in [5, 5.41) is 4.80. The van der Waals surface area contributed by atoms with Gasteiger partial charge in [-0.05, 0) is 36.6 Å². The lowest BCUT2D eigenvalue weighted by Crippen LogP contribution is -2.21. The van der Waals surface area contributed by atoms with Crippen molar-refractivity contribution in [2.45, 2.75) is 45.9 Å². The van der Waals surface area contributed by atoms with Crippen molar-refractivity contribution in [1.29, 1.82) is 0 Å². The standard InChI is InChI=1S/C25H27Cl2NO/c1-3-7-24(20-8-5-4-6-9-20)28-16-21-14-22(26)15-23(27)25(21)29-17-19-12-10-18(2)11-13-19/h4-6,8-15,24,28H,3,7,16-17H2,1-2H3/t24-/m1/s1. The third-order valence-electron chi connectivity index (χ3n) is 4.91. The quantitative estimate of drug-likeness (QED) is 0.381. The average molecular weight is 428 g/mol. The van der Waals surface area contributed by atoms with Crippen LogP contribution in [0.1, 0.15) is 48.1 Å². The number of hydrogen-bond acceptors (Lipinski definition) is 2. The molecular weight excluding hydrogens is 401 g/mol. The highest BCUT2D eigenvalue weighted by atomic mass is 35.5. The molecule has 0 aliphatic carbocycles. The molecule has 29 heavy (non-hydrogen) atoms. The summed E-state index contributed by atoms with van der Waals surface area (Å²) < 4.78 is 6.12. The zero-order valence-corrected chi connectivity index (χ0v) is 18.4. The molecule has 3 aromatic carbocycles. The Bertz CT molecular complexity index is 910. The lowest BCUT2D eigenvalue weighted by atomic mass is 10.0. The molecule has 0 aliphatic heterocycles. The molecule has 0 heterocycles. The Labute approximate surface area is 183 Å². The molecule has 0 amide bonds. The van der Waals surface area contributed by atoms with Crippen molar-refractivity contribution < 1.29 is 4.74 Å². The molecule has 0 saturated heterocycles.